The van der Waals surface area contributed by atoms with Crippen LogP contribution in [0.2, 0.25) is 0 Å². The SMILES string of the molecule is COC(=O)CCc1cc(-c2cc(CN[C@H](C)c3cccc(OC)c3)cc3ccccc23)ccc1F. The molecule has 5 heteroatoms. The number of carbonyl (C=O) groups excluding carboxylic acids is 1. The second-order valence-electron chi connectivity index (χ2n) is 8.63. The molecule has 0 aliphatic carbocycles. The minimum absolute atomic E-state index is 0.135. The van der Waals surface area contributed by atoms with Crippen molar-refractivity contribution in [2.45, 2.75) is 32.4 Å². The molecule has 0 unspecified atom stereocenters. The van der Waals surface area contributed by atoms with Crippen LogP contribution in [-0.4, -0.2) is 20.2 Å². The number of halogens is 1. The Bertz CT molecular complexity index is 1330. The summed E-state index contributed by atoms with van der Waals surface area (Å²) in [7, 11) is 3.01. The summed E-state index contributed by atoms with van der Waals surface area (Å²) in [6, 6.07) is 25.9. The van der Waals surface area contributed by atoms with Crippen LogP contribution in [0.5, 0.6) is 5.75 Å². The Labute approximate surface area is 205 Å². The van der Waals surface area contributed by atoms with Gasteiger partial charge in [-0.2, -0.15) is 0 Å². The molecule has 0 radical (unpaired) electrons. The number of hydrogen-bond acceptors (Lipinski definition) is 4. The van der Waals surface area contributed by atoms with Crippen molar-refractivity contribution < 1.29 is 18.7 Å². The highest BCUT2D eigenvalue weighted by Crippen LogP contribution is 2.32. The number of esters is 1. The van der Waals surface area contributed by atoms with Crippen molar-refractivity contribution in [2.75, 3.05) is 14.2 Å². The van der Waals surface area contributed by atoms with Gasteiger partial charge in [0.1, 0.15) is 11.6 Å². The van der Waals surface area contributed by atoms with Gasteiger partial charge in [-0.15, -0.1) is 0 Å². The fraction of sp³-hybridized carbons (Fsp3) is 0.233. The quantitative estimate of drug-likeness (QED) is 0.279. The molecule has 4 nitrogen and oxygen atoms in total. The van der Waals surface area contributed by atoms with Gasteiger partial charge in [-0.3, -0.25) is 4.79 Å². The number of ether oxygens (including phenoxy) is 2. The maximum absolute atomic E-state index is 14.5. The lowest BCUT2D eigenvalue weighted by Crippen LogP contribution is -2.18. The van der Waals surface area contributed by atoms with Crippen LogP contribution in [0.25, 0.3) is 21.9 Å². The third-order valence-corrected chi connectivity index (χ3v) is 6.31. The molecule has 35 heavy (non-hydrogen) atoms. The summed E-state index contributed by atoms with van der Waals surface area (Å²) in [4.78, 5) is 11.6. The van der Waals surface area contributed by atoms with E-state index in [1.165, 1.54) is 13.2 Å². The van der Waals surface area contributed by atoms with E-state index < -0.39 is 0 Å². The molecule has 180 valence electrons. The van der Waals surface area contributed by atoms with Crippen LogP contribution in [-0.2, 0) is 22.5 Å². The summed E-state index contributed by atoms with van der Waals surface area (Å²) in [5.74, 6) is 0.175. The van der Waals surface area contributed by atoms with Crippen molar-refractivity contribution in [1.29, 1.82) is 0 Å². The van der Waals surface area contributed by atoms with E-state index in [-0.39, 0.29) is 24.2 Å². The molecular formula is C30H30FNO3. The molecule has 4 aromatic rings. The van der Waals surface area contributed by atoms with Crippen LogP contribution >= 0.6 is 0 Å². The van der Waals surface area contributed by atoms with E-state index in [2.05, 4.69) is 42.6 Å². The van der Waals surface area contributed by atoms with Crippen LogP contribution in [0.4, 0.5) is 4.39 Å². The Kier molecular flexibility index (Phi) is 7.78. The third-order valence-electron chi connectivity index (χ3n) is 6.31. The van der Waals surface area contributed by atoms with Gasteiger partial charge in [-0.25, -0.2) is 4.39 Å². The predicted molar refractivity (Wildman–Crippen MR) is 138 cm³/mol. The zero-order valence-electron chi connectivity index (χ0n) is 20.3. The van der Waals surface area contributed by atoms with Crippen LogP contribution in [0.3, 0.4) is 0 Å². The second kappa shape index (κ2) is 11.2. The lowest BCUT2D eigenvalue weighted by Gasteiger charge is -2.17. The van der Waals surface area contributed by atoms with Crippen molar-refractivity contribution in [3.63, 3.8) is 0 Å². The van der Waals surface area contributed by atoms with Crippen molar-refractivity contribution in [2.24, 2.45) is 0 Å². The molecule has 1 N–H and O–H groups in total. The molecule has 4 aromatic carbocycles. The number of rotatable bonds is 9. The van der Waals surface area contributed by atoms with E-state index in [0.29, 0.717) is 18.5 Å². The molecular weight excluding hydrogens is 441 g/mol. The molecule has 0 aliphatic rings. The Morgan fingerprint density at radius 1 is 0.971 bits per heavy atom. The molecule has 1 atom stereocenters. The number of carbonyl (C=O) groups is 1. The molecule has 0 bridgehead atoms. The number of nitrogens with one attached hydrogen (secondary N) is 1. The largest absolute Gasteiger partial charge is 0.497 e. The molecule has 0 heterocycles. The first kappa shape index (κ1) is 24.4. The van der Waals surface area contributed by atoms with Gasteiger partial charge in [-0.1, -0.05) is 42.5 Å². The van der Waals surface area contributed by atoms with Gasteiger partial charge in [0.05, 0.1) is 14.2 Å². The minimum Gasteiger partial charge on any atom is -0.497 e. The summed E-state index contributed by atoms with van der Waals surface area (Å²) in [5.41, 5.74) is 4.75. The lowest BCUT2D eigenvalue weighted by molar-refractivity contribution is -0.140. The summed E-state index contributed by atoms with van der Waals surface area (Å²) in [6.45, 7) is 2.80. The van der Waals surface area contributed by atoms with E-state index in [1.807, 2.05) is 36.4 Å². The topological polar surface area (TPSA) is 47.6 Å². The highest BCUT2D eigenvalue weighted by Gasteiger charge is 2.12. The number of fused-ring (bicyclic) bond motifs is 1. The average molecular weight is 472 g/mol. The fourth-order valence-electron chi connectivity index (χ4n) is 4.29. The molecule has 0 saturated heterocycles. The molecule has 0 saturated carbocycles. The number of benzene rings is 4. The first-order valence-electron chi connectivity index (χ1n) is 11.7. The third kappa shape index (κ3) is 5.87. The number of aryl methyl sites for hydroxylation is 1. The monoisotopic (exact) mass is 471 g/mol. The van der Waals surface area contributed by atoms with Crippen LogP contribution in [0.1, 0.15) is 36.1 Å². The first-order valence-corrected chi connectivity index (χ1v) is 11.7. The van der Waals surface area contributed by atoms with E-state index in [4.69, 9.17) is 9.47 Å². The van der Waals surface area contributed by atoms with Gasteiger partial charge < -0.3 is 14.8 Å². The Morgan fingerprint density at radius 3 is 2.60 bits per heavy atom. The zero-order chi connectivity index (χ0) is 24.8. The molecule has 0 aliphatic heterocycles. The van der Waals surface area contributed by atoms with Gasteiger partial charge in [-0.05, 0) is 88.3 Å². The maximum Gasteiger partial charge on any atom is 0.305 e. The number of hydrogen-bond donors (Lipinski definition) is 1. The summed E-state index contributed by atoms with van der Waals surface area (Å²) in [5, 5.41) is 5.82. The molecule has 4 rings (SSSR count). The van der Waals surface area contributed by atoms with Crippen LogP contribution in [0, 0.1) is 5.82 Å². The maximum atomic E-state index is 14.5. The minimum atomic E-state index is -0.349. The predicted octanol–water partition coefficient (Wildman–Crippen LogP) is 6.61. The standard InChI is InChI=1S/C30H30FNO3/c1-20(22-8-6-9-26(18-22)34-2)32-19-21-15-23-7-4-5-10-27(23)28(16-21)24-11-13-29(31)25(17-24)12-14-30(33)35-3/h4-11,13,15-18,20,32H,12,14,19H2,1-3H3/t20-/m1/s1. The smallest absolute Gasteiger partial charge is 0.305 e. The summed E-state index contributed by atoms with van der Waals surface area (Å²) < 4.78 is 24.6. The Morgan fingerprint density at radius 2 is 1.80 bits per heavy atom. The fourth-order valence-corrected chi connectivity index (χ4v) is 4.29. The van der Waals surface area contributed by atoms with E-state index in [1.54, 1.807) is 13.2 Å². The van der Waals surface area contributed by atoms with Crippen molar-refractivity contribution >= 4 is 16.7 Å². The molecule has 0 amide bonds. The molecule has 0 aromatic heterocycles. The van der Waals surface area contributed by atoms with Gasteiger partial charge in [0.15, 0.2) is 0 Å². The van der Waals surface area contributed by atoms with Crippen molar-refractivity contribution in [3.05, 3.63) is 101 Å². The molecule has 0 fully saturated rings. The van der Waals surface area contributed by atoms with E-state index in [0.717, 1.165) is 38.8 Å². The highest BCUT2D eigenvalue weighted by molar-refractivity contribution is 5.97. The summed E-state index contributed by atoms with van der Waals surface area (Å²) >= 11 is 0. The second-order valence-corrected chi connectivity index (χ2v) is 8.63. The van der Waals surface area contributed by atoms with Crippen LogP contribution < -0.4 is 10.1 Å². The van der Waals surface area contributed by atoms with Crippen molar-refractivity contribution in [1.82, 2.24) is 5.32 Å². The lowest BCUT2D eigenvalue weighted by atomic mass is 9.93. The van der Waals surface area contributed by atoms with E-state index in [9.17, 15) is 9.18 Å². The van der Waals surface area contributed by atoms with Gasteiger partial charge >= 0.3 is 5.97 Å². The van der Waals surface area contributed by atoms with E-state index >= 15 is 0 Å². The highest BCUT2D eigenvalue weighted by atomic mass is 19.1. The normalized spacial score (nSPS) is 11.9. The van der Waals surface area contributed by atoms with Gasteiger partial charge in [0, 0.05) is 19.0 Å². The van der Waals surface area contributed by atoms with Crippen molar-refractivity contribution in [3.8, 4) is 16.9 Å². The zero-order valence-corrected chi connectivity index (χ0v) is 20.3. The number of methoxy groups -OCH3 is 2. The summed E-state index contributed by atoms with van der Waals surface area (Å²) in [6.07, 6.45) is 0.438. The Balaban J connectivity index is 1.63. The molecule has 0 spiro atoms. The van der Waals surface area contributed by atoms with Gasteiger partial charge in [0.2, 0.25) is 0 Å². The Hall–Kier alpha value is -3.70. The first-order chi connectivity index (χ1) is 17.0. The van der Waals surface area contributed by atoms with Gasteiger partial charge in [0.25, 0.3) is 0 Å². The average Bonchev–Trinajstić information content (AvgIpc) is 2.90. The van der Waals surface area contributed by atoms with Crippen LogP contribution in [0.15, 0.2) is 78.9 Å².